The predicted octanol–water partition coefficient (Wildman–Crippen LogP) is 3.57. The molecule has 3 heteroatoms. The van der Waals surface area contributed by atoms with Crippen LogP contribution < -0.4 is 5.73 Å². The molecule has 3 atom stereocenters. The maximum atomic E-state index is 6.22. The first-order chi connectivity index (χ1) is 8.50. The molecular weight excluding hydrogens is 288 g/mol. The number of halogens is 1. The quantitative estimate of drug-likeness (QED) is 0.901. The lowest BCUT2D eigenvalue weighted by molar-refractivity contribution is 0.149. The van der Waals surface area contributed by atoms with E-state index >= 15 is 0 Å². The van der Waals surface area contributed by atoms with Gasteiger partial charge in [-0.3, -0.25) is 4.90 Å². The van der Waals surface area contributed by atoms with Gasteiger partial charge in [0.15, 0.2) is 0 Å². The van der Waals surface area contributed by atoms with Crippen molar-refractivity contribution < 1.29 is 0 Å². The minimum Gasteiger partial charge on any atom is -0.326 e. The summed E-state index contributed by atoms with van der Waals surface area (Å²) in [7, 11) is 2.21. The summed E-state index contributed by atoms with van der Waals surface area (Å²) < 4.78 is 1.12. The third-order valence-electron chi connectivity index (χ3n) is 4.07. The fourth-order valence-electron chi connectivity index (χ4n) is 2.76. The molecule has 2 N–H and O–H groups in total. The van der Waals surface area contributed by atoms with Gasteiger partial charge in [0.25, 0.3) is 0 Å². The second-order valence-corrected chi connectivity index (χ2v) is 6.52. The second-order valence-electron chi connectivity index (χ2n) is 5.60. The molecule has 1 aliphatic rings. The van der Waals surface area contributed by atoms with Crippen molar-refractivity contribution in [2.75, 3.05) is 7.05 Å². The SMILES string of the molecule is CC(N)C(c1cccc(Br)c1)N(C)C(C)C1CC1. The second kappa shape index (κ2) is 5.72. The summed E-state index contributed by atoms with van der Waals surface area (Å²) in [5.41, 5.74) is 7.52. The van der Waals surface area contributed by atoms with Crippen molar-refractivity contribution in [2.45, 2.75) is 44.8 Å². The molecule has 18 heavy (non-hydrogen) atoms. The summed E-state index contributed by atoms with van der Waals surface area (Å²) in [6.07, 6.45) is 2.74. The Balaban J connectivity index is 2.21. The average molecular weight is 311 g/mol. The van der Waals surface area contributed by atoms with E-state index in [9.17, 15) is 0 Å². The molecule has 0 radical (unpaired) electrons. The molecule has 100 valence electrons. The molecular formula is C15H23BrN2. The molecule has 0 aliphatic heterocycles. The molecule has 1 aliphatic carbocycles. The minimum atomic E-state index is 0.130. The van der Waals surface area contributed by atoms with Crippen molar-refractivity contribution >= 4 is 15.9 Å². The number of hydrogen-bond donors (Lipinski definition) is 1. The molecule has 1 aromatic carbocycles. The first kappa shape index (κ1) is 14.0. The van der Waals surface area contributed by atoms with E-state index in [-0.39, 0.29) is 12.1 Å². The van der Waals surface area contributed by atoms with Crippen molar-refractivity contribution in [1.29, 1.82) is 0 Å². The number of likely N-dealkylation sites (N-methyl/N-ethyl adjacent to an activating group) is 1. The lowest BCUT2D eigenvalue weighted by Crippen LogP contribution is -2.42. The van der Waals surface area contributed by atoms with E-state index in [0.717, 1.165) is 10.4 Å². The highest BCUT2D eigenvalue weighted by Gasteiger charge is 2.34. The lowest BCUT2D eigenvalue weighted by Gasteiger charge is -2.36. The number of nitrogens with zero attached hydrogens (tertiary/aromatic N) is 1. The van der Waals surface area contributed by atoms with E-state index < -0.39 is 0 Å². The van der Waals surface area contributed by atoms with Gasteiger partial charge in [0.2, 0.25) is 0 Å². The summed E-state index contributed by atoms with van der Waals surface area (Å²) in [5, 5.41) is 0. The Kier molecular flexibility index (Phi) is 4.46. The van der Waals surface area contributed by atoms with Crippen LogP contribution in [0.4, 0.5) is 0 Å². The van der Waals surface area contributed by atoms with Gasteiger partial charge in [0.05, 0.1) is 0 Å². The molecule has 0 spiro atoms. The smallest absolute Gasteiger partial charge is 0.0496 e. The van der Waals surface area contributed by atoms with Crippen LogP contribution >= 0.6 is 15.9 Å². The normalized spacial score (nSPS) is 20.8. The highest BCUT2D eigenvalue weighted by atomic mass is 79.9. The molecule has 1 saturated carbocycles. The summed E-state index contributed by atoms with van der Waals surface area (Å²) >= 11 is 3.55. The molecule has 0 amide bonds. The van der Waals surface area contributed by atoms with Crippen LogP contribution in [0.5, 0.6) is 0 Å². The largest absolute Gasteiger partial charge is 0.326 e. The van der Waals surface area contributed by atoms with E-state index in [1.807, 2.05) is 0 Å². The third kappa shape index (κ3) is 3.14. The van der Waals surface area contributed by atoms with Gasteiger partial charge in [0.1, 0.15) is 0 Å². The summed E-state index contributed by atoms with van der Waals surface area (Å²) in [4.78, 5) is 2.45. The Labute approximate surface area is 119 Å². The van der Waals surface area contributed by atoms with Crippen LogP contribution in [0.25, 0.3) is 0 Å². The molecule has 2 rings (SSSR count). The number of rotatable bonds is 5. The maximum Gasteiger partial charge on any atom is 0.0496 e. The van der Waals surface area contributed by atoms with Crippen molar-refractivity contribution in [3.05, 3.63) is 34.3 Å². The predicted molar refractivity (Wildman–Crippen MR) is 80.5 cm³/mol. The van der Waals surface area contributed by atoms with Crippen LogP contribution in [0.2, 0.25) is 0 Å². The van der Waals surface area contributed by atoms with Crippen molar-refractivity contribution in [1.82, 2.24) is 4.90 Å². The Hall–Kier alpha value is -0.380. The van der Waals surface area contributed by atoms with Gasteiger partial charge in [0, 0.05) is 22.6 Å². The highest BCUT2D eigenvalue weighted by molar-refractivity contribution is 9.10. The molecule has 1 fully saturated rings. The van der Waals surface area contributed by atoms with Gasteiger partial charge in [-0.25, -0.2) is 0 Å². The zero-order valence-electron chi connectivity index (χ0n) is 11.4. The molecule has 0 aromatic heterocycles. The molecule has 0 saturated heterocycles. The van der Waals surface area contributed by atoms with E-state index in [1.165, 1.54) is 18.4 Å². The van der Waals surface area contributed by atoms with Gasteiger partial charge in [-0.05, 0) is 57.4 Å². The first-order valence-corrected chi connectivity index (χ1v) is 7.53. The molecule has 3 unspecified atom stereocenters. The van der Waals surface area contributed by atoms with Crippen LogP contribution in [-0.2, 0) is 0 Å². The molecule has 0 bridgehead atoms. The van der Waals surface area contributed by atoms with E-state index in [0.29, 0.717) is 6.04 Å². The van der Waals surface area contributed by atoms with Crippen LogP contribution in [-0.4, -0.2) is 24.0 Å². The molecule has 2 nitrogen and oxygen atoms in total. The van der Waals surface area contributed by atoms with E-state index in [4.69, 9.17) is 5.73 Å². The van der Waals surface area contributed by atoms with Crippen molar-refractivity contribution in [3.63, 3.8) is 0 Å². The van der Waals surface area contributed by atoms with Crippen molar-refractivity contribution in [2.24, 2.45) is 11.7 Å². The number of hydrogen-bond acceptors (Lipinski definition) is 2. The minimum absolute atomic E-state index is 0.130. The fraction of sp³-hybridized carbons (Fsp3) is 0.600. The number of nitrogens with two attached hydrogens (primary N) is 1. The van der Waals surface area contributed by atoms with Crippen molar-refractivity contribution in [3.8, 4) is 0 Å². The van der Waals surface area contributed by atoms with Gasteiger partial charge >= 0.3 is 0 Å². The number of benzene rings is 1. The van der Waals surface area contributed by atoms with E-state index in [1.54, 1.807) is 0 Å². The van der Waals surface area contributed by atoms with Gasteiger partial charge in [-0.1, -0.05) is 28.1 Å². The lowest BCUT2D eigenvalue weighted by atomic mass is 9.97. The zero-order valence-corrected chi connectivity index (χ0v) is 13.0. The monoisotopic (exact) mass is 310 g/mol. The Morgan fingerprint density at radius 2 is 2.00 bits per heavy atom. The Morgan fingerprint density at radius 3 is 2.50 bits per heavy atom. The first-order valence-electron chi connectivity index (χ1n) is 6.73. The van der Waals surface area contributed by atoms with Crippen LogP contribution in [0.3, 0.4) is 0 Å². The van der Waals surface area contributed by atoms with Gasteiger partial charge in [-0.15, -0.1) is 0 Å². The van der Waals surface area contributed by atoms with Crippen LogP contribution in [0.1, 0.15) is 38.3 Å². The topological polar surface area (TPSA) is 29.3 Å². The van der Waals surface area contributed by atoms with Crippen LogP contribution in [0, 0.1) is 5.92 Å². The summed E-state index contributed by atoms with van der Waals surface area (Å²) in [6.45, 7) is 4.42. The average Bonchev–Trinajstić information content (AvgIpc) is 3.11. The highest BCUT2D eigenvalue weighted by Crippen LogP contribution is 2.38. The van der Waals surface area contributed by atoms with Crippen LogP contribution in [0.15, 0.2) is 28.7 Å². The standard InChI is InChI=1S/C15H23BrN2/c1-10(17)15(13-5-4-6-14(16)9-13)18(3)11(2)12-7-8-12/h4-6,9-12,15H,7-8,17H2,1-3H3. The molecule has 1 aromatic rings. The Bertz CT molecular complexity index is 401. The molecule has 0 heterocycles. The fourth-order valence-corrected chi connectivity index (χ4v) is 3.18. The summed E-state index contributed by atoms with van der Waals surface area (Å²) in [6, 6.07) is 9.54. The van der Waals surface area contributed by atoms with Gasteiger partial charge < -0.3 is 5.73 Å². The van der Waals surface area contributed by atoms with E-state index in [2.05, 4.69) is 66.0 Å². The Morgan fingerprint density at radius 1 is 1.33 bits per heavy atom. The third-order valence-corrected chi connectivity index (χ3v) is 4.57. The zero-order chi connectivity index (χ0) is 13.3. The summed E-state index contributed by atoms with van der Waals surface area (Å²) in [5.74, 6) is 0.864. The maximum absolute atomic E-state index is 6.22. The van der Waals surface area contributed by atoms with Gasteiger partial charge in [-0.2, -0.15) is 0 Å².